The molecule has 0 amide bonds. The summed E-state index contributed by atoms with van der Waals surface area (Å²) in [5.74, 6) is -0.429. The van der Waals surface area contributed by atoms with Crippen molar-refractivity contribution in [1.29, 1.82) is 0 Å². The molecular weight excluding hydrogens is 289 g/mol. The molecule has 0 radical (unpaired) electrons. The Morgan fingerprint density at radius 2 is 2.15 bits per heavy atom. The molecule has 0 unspecified atom stereocenters. The lowest BCUT2D eigenvalue weighted by atomic mass is 10.3. The van der Waals surface area contributed by atoms with E-state index in [9.17, 15) is 14.5 Å². The molecular formula is C11H9ClFN5O2. The van der Waals surface area contributed by atoms with E-state index in [2.05, 4.69) is 20.6 Å². The molecule has 1 aromatic heterocycles. The van der Waals surface area contributed by atoms with Crippen molar-refractivity contribution < 1.29 is 9.31 Å². The lowest BCUT2D eigenvalue weighted by Gasteiger charge is -2.08. The van der Waals surface area contributed by atoms with Gasteiger partial charge in [-0.3, -0.25) is 10.1 Å². The molecule has 0 aliphatic carbocycles. The van der Waals surface area contributed by atoms with Gasteiger partial charge in [0.2, 0.25) is 11.8 Å². The number of nitrogens with one attached hydrogen (secondary N) is 2. The smallest absolute Gasteiger partial charge is 0.329 e. The summed E-state index contributed by atoms with van der Waals surface area (Å²) < 4.78 is 13.2. The Morgan fingerprint density at radius 1 is 1.40 bits per heavy atom. The van der Waals surface area contributed by atoms with Gasteiger partial charge in [0.1, 0.15) is 12.0 Å². The fourth-order valence-corrected chi connectivity index (χ4v) is 1.71. The van der Waals surface area contributed by atoms with Crippen LogP contribution in [-0.4, -0.2) is 21.9 Å². The van der Waals surface area contributed by atoms with Gasteiger partial charge in [0.15, 0.2) is 0 Å². The summed E-state index contributed by atoms with van der Waals surface area (Å²) in [5, 5.41) is 16.4. The van der Waals surface area contributed by atoms with E-state index in [4.69, 9.17) is 11.6 Å². The van der Waals surface area contributed by atoms with E-state index in [-0.39, 0.29) is 28.2 Å². The number of hydrogen-bond donors (Lipinski definition) is 2. The van der Waals surface area contributed by atoms with E-state index < -0.39 is 10.7 Å². The van der Waals surface area contributed by atoms with Crippen LogP contribution in [0, 0.1) is 15.9 Å². The molecule has 1 heterocycles. The average molecular weight is 298 g/mol. The van der Waals surface area contributed by atoms with Gasteiger partial charge in [-0.1, -0.05) is 11.6 Å². The van der Waals surface area contributed by atoms with E-state index >= 15 is 0 Å². The van der Waals surface area contributed by atoms with Gasteiger partial charge in [0.25, 0.3) is 0 Å². The normalized spacial score (nSPS) is 10.2. The first kappa shape index (κ1) is 13.9. The Hall–Kier alpha value is -2.48. The summed E-state index contributed by atoms with van der Waals surface area (Å²) >= 11 is 5.72. The van der Waals surface area contributed by atoms with Gasteiger partial charge in [-0.15, -0.1) is 0 Å². The molecule has 2 N–H and O–H groups in total. The second-order valence-corrected chi connectivity index (χ2v) is 4.15. The van der Waals surface area contributed by atoms with Crippen molar-refractivity contribution in [3.8, 4) is 0 Å². The quantitative estimate of drug-likeness (QED) is 0.665. The number of benzene rings is 1. The molecule has 0 aliphatic rings. The minimum absolute atomic E-state index is 0.0592. The molecule has 0 fully saturated rings. The maximum absolute atomic E-state index is 13.2. The SMILES string of the molecule is CNc1ncc([N+](=O)[O-])c(Nc2cc(F)cc(Cl)c2)n1. The highest BCUT2D eigenvalue weighted by Gasteiger charge is 2.17. The van der Waals surface area contributed by atoms with Crippen molar-refractivity contribution in [3.63, 3.8) is 0 Å². The zero-order chi connectivity index (χ0) is 14.7. The summed E-state index contributed by atoms with van der Waals surface area (Å²) in [6.45, 7) is 0. The van der Waals surface area contributed by atoms with Gasteiger partial charge in [-0.25, -0.2) is 9.37 Å². The summed E-state index contributed by atoms with van der Waals surface area (Å²) in [4.78, 5) is 18.0. The monoisotopic (exact) mass is 297 g/mol. The van der Waals surface area contributed by atoms with Crippen LogP contribution in [0.4, 0.5) is 27.5 Å². The number of halogens is 2. The van der Waals surface area contributed by atoms with Crippen molar-refractivity contribution in [1.82, 2.24) is 9.97 Å². The summed E-state index contributed by atoms with van der Waals surface area (Å²) in [5.41, 5.74) is -0.0803. The first-order chi connectivity index (χ1) is 9.49. The molecule has 1 aromatic carbocycles. The largest absolute Gasteiger partial charge is 0.357 e. The topological polar surface area (TPSA) is 93.0 Å². The van der Waals surface area contributed by atoms with Gasteiger partial charge < -0.3 is 10.6 Å². The molecule has 20 heavy (non-hydrogen) atoms. The van der Waals surface area contributed by atoms with Crippen molar-refractivity contribution in [2.45, 2.75) is 0 Å². The number of nitrogens with zero attached hydrogens (tertiary/aromatic N) is 3. The highest BCUT2D eigenvalue weighted by atomic mass is 35.5. The number of hydrogen-bond acceptors (Lipinski definition) is 6. The van der Waals surface area contributed by atoms with E-state index in [0.717, 1.165) is 18.3 Å². The highest BCUT2D eigenvalue weighted by Crippen LogP contribution is 2.27. The molecule has 0 atom stereocenters. The lowest BCUT2D eigenvalue weighted by Crippen LogP contribution is -2.04. The number of anilines is 3. The second-order valence-electron chi connectivity index (χ2n) is 3.72. The van der Waals surface area contributed by atoms with Crippen molar-refractivity contribution >= 4 is 34.7 Å². The van der Waals surface area contributed by atoms with Crippen molar-refractivity contribution in [3.05, 3.63) is 45.4 Å². The molecule has 0 saturated carbocycles. The fraction of sp³-hybridized carbons (Fsp3) is 0.0909. The fourth-order valence-electron chi connectivity index (χ4n) is 1.48. The van der Waals surface area contributed by atoms with E-state index in [0.29, 0.717) is 0 Å². The average Bonchev–Trinajstić information content (AvgIpc) is 2.37. The molecule has 9 heteroatoms. The van der Waals surface area contributed by atoms with Crippen LogP contribution >= 0.6 is 11.6 Å². The third-order valence-corrected chi connectivity index (χ3v) is 2.53. The predicted octanol–water partition coefficient (Wildman–Crippen LogP) is 2.96. The van der Waals surface area contributed by atoms with Crippen LogP contribution < -0.4 is 10.6 Å². The maximum atomic E-state index is 13.2. The van der Waals surface area contributed by atoms with E-state index in [1.54, 1.807) is 7.05 Å². The Labute approximate surface area is 118 Å². The minimum Gasteiger partial charge on any atom is -0.357 e. The van der Waals surface area contributed by atoms with Crippen LogP contribution in [0.1, 0.15) is 0 Å². The van der Waals surface area contributed by atoms with Crippen LogP contribution in [0.15, 0.2) is 24.4 Å². The molecule has 0 aliphatic heterocycles. The number of aromatic nitrogens is 2. The molecule has 2 rings (SSSR count). The molecule has 0 bridgehead atoms. The maximum Gasteiger partial charge on any atom is 0.329 e. The predicted molar refractivity (Wildman–Crippen MR) is 72.9 cm³/mol. The van der Waals surface area contributed by atoms with Gasteiger partial charge in [-0.2, -0.15) is 4.98 Å². The first-order valence-corrected chi connectivity index (χ1v) is 5.79. The number of nitro groups is 1. The van der Waals surface area contributed by atoms with Crippen LogP contribution in [0.25, 0.3) is 0 Å². The molecule has 7 nitrogen and oxygen atoms in total. The van der Waals surface area contributed by atoms with Crippen LogP contribution in [0.5, 0.6) is 0 Å². The van der Waals surface area contributed by atoms with Crippen molar-refractivity contribution in [2.24, 2.45) is 0 Å². The molecule has 104 valence electrons. The summed E-state index contributed by atoms with van der Waals surface area (Å²) in [6.07, 6.45) is 1.06. The third-order valence-electron chi connectivity index (χ3n) is 2.32. The van der Waals surface area contributed by atoms with Crippen LogP contribution in [0.3, 0.4) is 0 Å². The van der Waals surface area contributed by atoms with Gasteiger partial charge in [0.05, 0.1) is 4.92 Å². The Morgan fingerprint density at radius 3 is 2.75 bits per heavy atom. The van der Waals surface area contributed by atoms with Gasteiger partial charge >= 0.3 is 5.69 Å². The minimum atomic E-state index is -0.636. The molecule has 0 saturated heterocycles. The Bertz CT molecular complexity index is 647. The van der Waals surface area contributed by atoms with E-state index in [1.807, 2.05) is 0 Å². The van der Waals surface area contributed by atoms with Gasteiger partial charge in [0, 0.05) is 17.8 Å². The Balaban J connectivity index is 2.42. The third kappa shape index (κ3) is 3.09. The Kier molecular flexibility index (Phi) is 3.94. The summed E-state index contributed by atoms with van der Waals surface area (Å²) in [7, 11) is 1.57. The number of rotatable bonds is 4. The van der Waals surface area contributed by atoms with Gasteiger partial charge in [-0.05, 0) is 18.2 Å². The van der Waals surface area contributed by atoms with Crippen molar-refractivity contribution in [2.75, 3.05) is 17.7 Å². The van der Waals surface area contributed by atoms with Crippen LogP contribution in [-0.2, 0) is 0 Å². The first-order valence-electron chi connectivity index (χ1n) is 5.42. The van der Waals surface area contributed by atoms with Crippen LogP contribution in [0.2, 0.25) is 5.02 Å². The highest BCUT2D eigenvalue weighted by molar-refractivity contribution is 6.30. The zero-order valence-corrected chi connectivity index (χ0v) is 11.0. The standard InChI is InChI=1S/C11H9ClFN5O2/c1-14-11-15-5-9(18(19)20)10(17-11)16-8-3-6(12)2-7(13)4-8/h2-5H,1H3,(H2,14,15,16,17). The second kappa shape index (κ2) is 5.66. The lowest BCUT2D eigenvalue weighted by molar-refractivity contribution is -0.384. The molecule has 2 aromatic rings. The zero-order valence-electron chi connectivity index (χ0n) is 10.2. The van der Waals surface area contributed by atoms with E-state index in [1.165, 1.54) is 6.07 Å². The molecule has 0 spiro atoms. The summed E-state index contributed by atoms with van der Waals surface area (Å²) in [6, 6.07) is 3.70.